The minimum Gasteiger partial charge on any atom is -0.456 e. The van der Waals surface area contributed by atoms with Gasteiger partial charge in [0, 0.05) is 34.6 Å². The molecule has 3 rings (SSSR count). The zero-order valence-corrected chi connectivity index (χ0v) is 17.7. The van der Waals surface area contributed by atoms with E-state index in [1.165, 1.54) is 6.07 Å². The summed E-state index contributed by atoms with van der Waals surface area (Å²) in [5.41, 5.74) is 1.83. The molecule has 2 aromatic carbocycles. The molecule has 0 atom stereocenters. The second-order valence-corrected chi connectivity index (χ2v) is 8.31. The molecular weight excluding hydrogens is 420 g/mol. The van der Waals surface area contributed by atoms with Crippen LogP contribution in [0.3, 0.4) is 0 Å². The number of halogens is 1. The fourth-order valence-corrected chi connectivity index (χ4v) is 2.99. The van der Waals surface area contributed by atoms with Gasteiger partial charge in [-0.15, -0.1) is 0 Å². The van der Waals surface area contributed by atoms with Crippen LogP contribution in [0.4, 0.5) is 11.4 Å². The number of fused-ring (bicyclic) bond motifs is 1. The molecular formula is C22H23BrN2O3. The predicted molar refractivity (Wildman–Crippen MR) is 118 cm³/mol. The van der Waals surface area contributed by atoms with Gasteiger partial charge in [-0.25, -0.2) is 0 Å². The molecule has 6 heteroatoms. The van der Waals surface area contributed by atoms with Gasteiger partial charge in [-0.05, 0) is 24.3 Å². The molecule has 1 heterocycles. The summed E-state index contributed by atoms with van der Waals surface area (Å²) in [5.74, 6) is 0.322. The molecule has 0 fully saturated rings. The van der Waals surface area contributed by atoms with Gasteiger partial charge in [0.05, 0.1) is 11.1 Å². The highest BCUT2D eigenvalue weighted by molar-refractivity contribution is 9.09. The molecule has 0 saturated carbocycles. The number of carbonyl (C=O) groups excluding carboxylic acids is 1. The van der Waals surface area contributed by atoms with Crippen LogP contribution in [0.1, 0.15) is 20.8 Å². The summed E-state index contributed by atoms with van der Waals surface area (Å²) in [6.07, 6.45) is 0. The van der Waals surface area contributed by atoms with Crippen LogP contribution in [0.15, 0.2) is 57.7 Å². The number of carbonyl (C=O) groups is 1. The van der Waals surface area contributed by atoms with E-state index in [4.69, 9.17) is 4.42 Å². The summed E-state index contributed by atoms with van der Waals surface area (Å²) in [7, 11) is 0. The number of alkyl halides is 1. The van der Waals surface area contributed by atoms with Crippen LogP contribution in [0, 0.1) is 5.41 Å². The number of amides is 1. The Morgan fingerprint density at radius 3 is 2.50 bits per heavy atom. The molecule has 5 nitrogen and oxygen atoms in total. The van der Waals surface area contributed by atoms with Crippen LogP contribution in [0.25, 0.3) is 22.3 Å². The van der Waals surface area contributed by atoms with Crippen molar-refractivity contribution in [3.8, 4) is 11.3 Å². The van der Waals surface area contributed by atoms with E-state index in [2.05, 4.69) is 26.6 Å². The second kappa shape index (κ2) is 8.19. The first kappa shape index (κ1) is 20.1. The third kappa shape index (κ3) is 4.28. The first-order valence-corrected chi connectivity index (χ1v) is 10.2. The number of hydrogen-bond donors (Lipinski definition) is 2. The van der Waals surface area contributed by atoms with Gasteiger partial charge in [0.25, 0.3) is 0 Å². The van der Waals surface area contributed by atoms with Gasteiger partial charge in [0.15, 0.2) is 5.43 Å². The molecule has 0 aliphatic rings. The van der Waals surface area contributed by atoms with Crippen LogP contribution >= 0.6 is 15.9 Å². The van der Waals surface area contributed by atoms with Crippen LogP contribution in [-0.4, -0.2) is 17.8 Å². The monoisotopic (exact) mass is 442 g/mol. The molecule has 2 N–H and O–H groups in total. The molecule has 0 aliphatic carbocycles. The lowest BCUT2D eigenvalue weighted by Crippen LogP contribution is -2.28. The largest absolute Gasteiger partial charge is 0.456 e. The zero-order valence-electron chi connectivity index (χ0n) is 16.1. The van der Waals surface area contributed by atoms with Gasteiger partial charge < -0.3 is 15.1 Å². The standard InChI is InChI=1S/C22H23BrN2O3/c1-22(2,3)21(27)25-16-9-6-10-18-20(16)17(26)13-19(28-18)14-7-4-5-8-15(14)24-12-11-23/h4-10,13,24H,11-12H2,1-3H3,(H,25,27). The molecule has 146 valence electrons. The average molecular weight is 443 g/mol. The lowest BCUT2D eigenvalue weighted by atomic mass is 9.95. The lowest BCUT2D eigenvalue weighted by Gasteiger charge is -2.18. The first-order chi connectivity index (χ1) is 13.3. The highest BCUT2D eigenvalue weighted by Gasteiger charge is 2.22. The molecule has 0 saturated heterocycles. The average Bonchev–Trinajstić information content (AvgIpc) is 2.65. The fourth-order valence-electron chi connectivity index (χ4n) is 2.79. The highest BCUT2D eigenvalue weighted by atomic mass is 79.9. The molecule has 1 aromatic heterocycles. The normalized spacial score (nSPS) is 11.4. The van der Waals surface area contributed by atoms with Crippen molar-refractivity contribution in [3.63, 3.8) is 0 Å². The van der Waals surface area contributed by atoms with Gasteiger partial charge in [0.2, 0.25) is 5.91 Å². The van der Waals surface area contributed by atoms with E-state index < -0.39 is 5.41 Å². The Morgan fingerprint density at radius 2 is 1.79 bits per heavy atom. The van der Waals surface area contributed by atoms with Crippen molar-refractivity contribution >= 4 is 44.2 Å². The summed E-state index contributed by atoms with van der Waals surface area (Å²) >= 11 is 3.40. The summed E-state index contributed by atoms with van der Waals surface area (Å²) < 4.78 is 6.05. The molecule has 0 aliphatic heterocycles. The minimum absolute atomic E-state index is 0.159. The van der Waals surface area contributed by atoms with E-state index in [0.29, 0.717) is 22.4 Å². The minimum atomic E-state index is -0.567. The SMILES string of the molecule is CC(C)(C)C(=O)Nc1cccc2oc(-c3ccccc3NCCBr)cc(=O)c12. The van der Waals surface area contributed by atoms with Crippen molar-refractivity contribution in [2.75, 3.05) is 22.5 Å². The second-order valence-electron chi connectivity index (χ2n) is 7.52. The number of hydrogen-bond acceptors (Lipinski definition) is 4. The van der Waals surface area contributed by atoms with Gasteiger partial charge >= 0.3 is 0 Å². The topological polar surface area (TPSA) is 71.3 Å². The Morgan fingerprint density at radius 1 is 1.07 bits per heavy atom. The smallest absolute Gasteiger partial charge is 0.229 e. The van der Waals surface area contributed by atoms with Crippen LogP contribution in [-0.2, 0) is 4.79 Å². The molecule has 28 heavy (non-hydrogen) atoms. The Hall–Kier alpha value is -2.60. The van der Waals surface area contributed by atoms with E-state index in [1.54, 1.807) is 18.2 Å². The van der Waals surface area contributed by atoms with Crippen molar-refractivity contribution in [2.45, 2.75) is 20.8 Å². The highest BCUT2D eigenvalue weighted by Crippen LogP contribution is 2.31. The van der Waals surface area contributed by atoms with Crippen molar-refractivity contribution in [1.29, 1.82) is 0 Å². The van der Waals surface area contributed by atoms with E-state index >= 15 is 0 Å². The summed E-state index contributed by atoms with van der Waals surface area (Å²) in [6.45, 7) is 6.22. The number of nitrogens with one attached hydrogen (secondary N) is 2. The number of benzene rings is 2. The molecule has 3 aromatic rings. The van der Waals surface area contributed by atoms with E-state index in [-0.39, 0.29) is 11.3 Å². The van der Waals surface area contributed by atoms with Crippen LogP contribution < -0.4 is 16.1 Å². The van der Waals surface area contributed by atoms with Crippen molar-refractivity contribution in [2.24, 2.45) is 5.41 Å². The maximum absolute atomic E-state index is 12.9. The van der Waals surface area contributed by atoms with E-state index in [0.717, 1.165) is 23.1 Å². The first-order valence-electron chi connectivity index (χ1n) is 9.09. The molecule has 0 bridgehead atoms. The lowest BCUT2D eigenvalue weighted by molar-refractivity contribution is -0.123. The van der Waals surface area contributed by atoms with Crippen molar-refractivity contribution in [3.05, 3.63) is 58.8 Å². The quantitative estimate of drug-likeness (QED) is 0.529. The van der Waals surface area contributed by atoms with Gasteiger partial charge in [-0.2, -0.15) is 0 Å². The van der Waals surface area contributed by atoms with E-state index in [1.807, 2.05) is 45.0 Å². The van der Waals surface area contributed by atoms with Crippen molar-refractivity contribution in [1.82, 2.24) is 0 Å². The fraction of sp³-hybridized carbons (Fsp3) is 0.273. The predicted octanol–water partition coefficient (Wildman–Crippen LogP) is 5.25. The Labute approximate surface area is 172 Å². The number of anilines is 2. The maximum Gasteiger partial charge on any atom is 0.229 e. The molecule has 1 amide bonds. The summed E-state index contributed by atoms with van der Waals surface area (Å²) in [4.78, 5) is 25.3. The zero-order chi connectivity index (χ0) is 20.3. The van der Waals surface area contributed by atoms with Gasteiger partial charge in [-0.1, -0.05) is 54.9 Å². The summed E-state index contributed by atoms with van der Waals surface area (Å²) in [5, 5.41) is 7.34. The molecule has 0 spiro atoms. The van der Waals surface area contributed by atoms with Crippen LogP contribution in [0.2, 0.25) is 0 Å². The van der Waals surface area contributed by atoms with Crippen LogP contribution in [0.5, 0.6) is 0 Å². The maximum atomic E-state index is 12.9. The van der Waals surface area contributed by atoms with E-state index in [9.17, 15) is 9.59 Å². The summed E-state index contributed by atoms with van der Waals surface area (Å²) in [6, 6.07) is 14.4. The molecule has 0 unspecified atom stereocenters. The van der Waals surface area contributed by atoms with Gasteiger partial charge in [0.1, 0.15) is 11.3 Å². The third-order valence-corrected chi connectivity index (χ3v) is 4.68. The Kier molecular flexibility index (Phi) is 5.89. The molecule has 0 radical (unpaired) electrons. The number of para-hydroxylation sites is 1. The number of rotatable bonds is 5. The third-order valence-electron chi connectivity index (χ3n) is 4.29. The Bertz CT molecular complexity index is 1070. The Balaban J connectivity index is 2.09. The van der Waals surface area contributed by atoms with Gasteiger partial charge in [-0.3, -0.25) is 9.59 Å². The van der Waals surface area contributed by atoms with Crippen molar-refractivity contribution < 1.29 is 9.21 Å².